The van der Waals surface area contributed by atoms with Crippen LogP contribution in [0.2, 0.25) is 0 Å². The maximum absolute atomic E-state index is 5.17. The van der Waals surface area contributed by atoms with Crippen LogP contribution in [0.5, 0.6) is 0 Å². The van der Waals surface area contributed by atoms with Gasteiger partial charge in [-0.2, -0.15) is 5.10 Å². The van der Waals surface area contributed by atoms with Crippen molar-refractivity contribution in [2.45, 2.75) is 19.9 Å². The van der Waals surface area contributed by atoms with E-state index in [2.05, 4.69) is 23.4 Å². The third kappa shape index (κ3) is 2.56. The second-order valence-corrected chi connectivity index (χ2v) is 3.40. The second-order valence-electron chi connectivity index (χ2n) is 3.40. The lowest BCUT2D eigenvalue weighted by atomic mass is 10.2. The smallest absolute Gasteiger partial charge is 0.0729 e. The van der Waals surface area contributed by atoms with Crippen molar-refractivity contribution in [3.05, 3.63) is 17.5 Å². The molecule has 4 nitrogen and oxygen atoms in total. The minimum absolute atomic E-state index is 0.233. The molecule has 0 radical (unpaired) electrons. The fraction of sp³-hybridized carbons (Fsp3) is 0.700. The first kappa shape index (κ1) is 11.2. The number of hydrogen-bond acceptors (Lipinski definition) is 3. The van der Waals surface area contributed by atoms with Gasteiger partial charge in [-0.05, 0) is 19.5 Å². The van der Waals surface area contributed by atoms with Gasteiger partial charge in [0, 0.05) is 14.2 Å². The zero-order chi connectivity index (χ0) is 10.6. The first-order valence-corrected chi connectivity index (χ1v) is 4.91. The fourth-order valence-corrected chi connectivity index (χ4v) is 1.62. The molecule has 80 valence electrons. The van der Waals surface area contributed by atoms with Crippen LogP contribution < -0.4 is 5.32 Å². The molecule has 4 heteroatoms. The lowest BCUT2D eigenvalue weighted by Gasteiger charge is -2.16. The van der Waals surface area contributed by atoms with Crippen molar-refractivity contribution in [2.24, 2.45) is 7.05 Å². The largest absolute Gasteiger partial charge is 0.383 e. The summed E-state index contributed by atoms with van der Waals surface area (Å²) in [5.41, 5.74) is 2.22. The molecule has 1 rings (SSSR count). The van der Waals surface area contributed by atoms with Gasteiger partial charge in [-0.15, -0.1) is 0 Å². The predicted octanol–water partition coefficient (Wildman–Crippen LogP) is 1.03. The highest BCUT2D eigenvalue weighted by Crippen LogP contribution is 2.13. The molecule has 0 aliphatic rings. The Morgan fingerprint density at radius 3 is 2.79 bits per heavy atom. The summed E-state index contributed by atoms with van der Waals surface area (Å²) in [6.07, 6.45) is 0. The summed E-state index contributed by atoms with van der Waals surface area (Å²) >= 11 is 0. The third-order valence-electron chi connectivity index (χ3n) is 2.18. The van der Waals surface area contributed by atoms with E-state index in [0.717, 1.165) is 12.2 Å². The molecule has 1 unspecified atom stereocenters. The van der Waals surface area contributed by atoms with Crippen molar-refractivity contribution in [3.63, 3.8) is 0 Å². The normalized spacial score (nSPS) is 13.1. The lowest BCUT2D eigenvalue weighted by molar-refractivity contribution is 0.164. The Morgan fingerprint density at radius 1 is 1.64 bits per heavy atom. The van der Waals surface area contributed by atoms with Gasteiger partial charge in [0.1, 0.15) is 0 Å². The number of aryl methyl sites for hydroxylation is 2. The number of aromatic nitrogens is 2. The number of methoxy groups -OCH3 is 1. The molecule has 0 amide bonds. The SMILES string of the molecule is CCNC(COC)c1cc(C)nn1C. The topological polar surface area (TPSA) is 39.1 Å². The highest BCUT2D eigenvalue weighted by atomic mass is 16.5. The Labute approximate surface area is 85.3 Å². The molecule has 1 aromatic heterocycles. The molecular formula is C10H19N3O. The molecule has 0 fully saturated rings. The Bertz CT molecular complexity index is 277. The second kappa shape index (κ2) is 5.12. The van der Waals surface area contributed by atoms with E-state index in [1.807, 2.05) is 18.7 Å². The molecule has 1 heterocycles. The summed E-state index contributed by atoms with van der Waals surface area (Å²) in [6.45, 7) is 5.69. The van der Waals surface area contributed by atoms with Gasteiger partial charge in [0.2, 0.25) is 0 Å². The Morgan fingerprint density at radius 2 is 2.36 bits per heavy atom. The minimum atomic E-state index is 0.233. The van der Waals surface area contributed by atoms with Gasteiger partial charge in [0.05, 0.1) is 24.0 Å². The number of hydrogen-bond donors (Lipinski definition) is 1. The van der Waals surface area contributed by atoms with Gasteiger partial charge in [0.15, 0.2) is 0 Å². The zero-order valence-electron chi connectivity index (χ0n) is 9.37. The van der Waals surface area contributed by atoms with E-state index in [9.17, 15) is 0 Å². The fourth-order valence-electron chi connectivity index (χ4n) is 1.62. The summed E-state index contributed by atoms with van der Waals surface area (Å²) in [5, 5.41) is 7.69. The molecule has 14 heavy (non-hydrogen) atoms. The average Bonchev–Trinajstić information content (AvgIpc) is 2.45. The number of nitrogens with one attached hydrogen (secondary N) is 1. The van der Waals surface area contributed by atoms with Crippen LogP contribution in [-0.4, -0.2) is 30.0 Å². The van der Waals surface area contributed by atoms with Crippen LogP contribution in [0, 0.1) is 6.92 Å². The maximum Gasteiger partial charge on any atom is 0.0729 e. The van der Waals surface area contributed by atoms with Crippen LogP contribution in [0.3, 0.4) is 0 Å². The summed E-state index contributed by atoms with van der Waals surface area (Å²) in [5.74, 6) is 0. The summed E-state index contributed by atoms with van der Waals surface area (Å²) in [7, 11) is 3.68. The van der Waals surface area contributed by atoms with E-state index < -0.39 is 0 Å². The number of nitrogens with zero attached hydrogens (tertiary/aromatic N) is 2. The van der Waals surface area contributed by atoms with Gasteiger partial charge in [-0.1, -0.05) is 6.92 Å². The molecule has 0 bridgehead atoms. The van der Waals surface area contributed by atoms with Crippen LogP contribution in [0.4, 0.5) is 0 Å². The molecular weight excluding hydrogens is 178 g/mol. The van der Waals surface area contributed by atoms with Gasteiger partial charge < -0.3 is 10.1 Å². The quantitative estimate of drug-likeness (QED) is 0.766. The van der Waals surface area contributed by atoms with E-state index >= 15 is 0 Å². The molecule has 0 aliphatic heterocycles. The van der Waals surface area contributed by atoms with Gasteiger partial charge >= 0.3 is 0 Å². The number of rotatable bonds is 5. The van der Waals surface area contributed by atoms with E-state index in [1.165, 1.54) is 5.69 Å². The molecule has 0 aliphatic carbocycles. The van der Waals surface area contributed by atoms with E-state index in [0.29, 0.717) is 6.61 Å². The highest BCUT2D eigenvalue weighted by Gasteiger charge is 2.14. The molecule has 0 aromatic carbocycles. The zero-order valence-corrected chi connectivity index (χ0v) is 9.37. The monoisotopic (exact) mass is 197 g/mol. The van der Waals surface area contributed by atoms with Gasteiger partial charge in [-0.25, -0.2) is 0 Å². The molecule has 0 saturated heterocycles. The standard InChI is InChI=1S/C10H19N3O/c1-5-11-9(7-14-4)10-6-8(2)12-13(10)3/h6,9,11H,5,7H2,1-4H3. The minimum Gasteiger partial charge on any atom is -0.383 e. The number of likely N-dealkylation sites (N-methyl/N-ethyl adjacent to an activating group) is 1. The van der Waals surface area contributed by atoms with Crippen LogP contribution in [0.15, 0.2) is 6.07 Å². The maximum atomic E-state index is 5.17. The molecule has 0 saturated carbocycles. The van der Waals surface area contributed by atoms with Crippen molar-refractivity contribution >= 4 is 0 Å². The van der Waals surface area contributed by atoms with Crippen molar-refractivity contribution in [2.75, 3.05) is 20.3 Å². The first-order valence-electron chi connectivity index (χ1n) is 4.91. The summed E-state index contributed by atoms with van der Waals surface area (Å²) < 4.78 is 7.08. The molecule has 0 spiro atoms. The summed E-state index contributed by atoms with van der Waals surface area (Å²) in [4.78, 5) is 0. The highest BCUT2D eigenvalue weighted by molar-refractivity contribution is 5.13. The van der Waals surface area contributed by atoms with Crippen LogP contribution in [-0.2, 0) is 11.8 Å². The van der Waals surface area contributed by atoms with Crippen molar-refractivity contribution < 1.29 is 4.74 Å². The Balaban J connectivity index is 2.80. The molecule has 1 N–H and O–H groups in total. The Hall–Kier alpha value is -0.870. The summed E-state index contributed by atoms with van der Waals surface area (Å²) in [6, 6.07) is 2.32. The molecule has 1 atom stereocenters. The van der Waals surface area contributed by atoms with Gasteiger partial charge in [0.25, 0.3) is 0 Å². The van der Waals surface area contributed by atoms with E-state index in [4.69, 9.17) is 4.74 Å². The molecule has 1 aromatic rings. The van der Waals surface area contributed by atoms with Gasteiger partial charge in [-0.3, -0.25) is 4.68 Å². The number of ether oxygens (including phenoxy) is 1. The van der Waals surface area contributed by atoms with Crippen LogP contribution >= 0.6 is 0 Å². The van der Waals surface area contributed by atoms with E-state index in [1.54, 1.807) is 7.11 Å². The predicted molar refractivity (Wildman–Crippen MR) is 56.2 cm³/mol. The third-order valence-corrected chi connectivity index (χ3v) is 2.18. The first-order chi connectivity index (χ1) is 6.69. The van der Waals surface area contributed by atoms with Crippen molar-refractivity contribution in [1.82, 2.24) is 15.1 Å². The Kier molecular flexibility index (Phi) is 4.10. The van der Waals surface area contributed by atoms with Crippen molar-refractivity contribution in [3.8, 4) is 0 Å². The van der Waals surface area contributed by atoms with Crippen LogP contribution in [0.25, 0.3) is 0 Å². The lowest BCUT2D eigenvalue weighted by Crippen LogP contribution is -2.26. The van der Waals surface area contributed by atoms with E-state index in [-0.39, 0.29) is 6.04 Å². The van der Waals surface area contributed by atoms with Crippen molar-refractivity contribution in [1.29, 1.82) is 0 Å². The average molecular weight is 197 g/mol. The van der Waals surface area contributed by atoms with Crippen LogP contribution in [0.1, 0.15) is 24.4 Å².